The van der Waals surface area contributed by atoms with E-state index in [0.717, 1.165) is 11.6 Å². The first-order chi connectivity index (χ1) is 6.20. The molecule has 0 amide bonds. The SMILES string of the molecule is OCC1Cc2cc(O)cc(F)c2C1. The van der Waals surface area contributed by atoms with E-state index in [2.05, 4.69) is 0 Å². The molecule has 1 aromatic carbocycles. The maximum absolute atomic E-state index is 13.2. The molecule has 0 spiro atoms. The smallest absolute Gasteiger partial charge is 0.130 e. The van der Waals surface area contributed by atoms with Crippen LogP contribution in [-0.2, 0) is 12.8 Å². The molecule has 0 fully saturated rings. The number of phenolic OH excluding ortho intramolecular Hbond substituents is 1. The van der Waals surface area contributed by atoms with E-state index in [-0.39, 0.29) is 24.1 Å². The molecule has 1 aliphatic rings. The highest BCUT2D eigenvalue weighted by Gasteiger charge is 2.24. The summed E-state index contributed by atoms with van der Waals surface area (Å²) in [5.41, 5.74) is 1.48. The molecule has 3 heteroatoms. The zero-order valence-electron chi connectivity index (χ0n) is 7.13. The first kappa shape index (κ1) is 8.51. The number of rotatable bonds is 1. The quantitative estimate of drug-likeness (QED) is 0.686. The van der Waals surface area contributed by atoms with Crippen molar-refractivity contribution in [2.24, 2.45) is 5.92 Å². The molecule has 70 valence electrons. The van der Waals surface area contributed by atoms with Crippen LogP contribution < -0.4 is 0 Å². The highest BCUT2D eigenvalue weighted by atomic mass is 19.1. The molecular formula is C10H11FO2. The third kappa shape index (κ3) is 1.40. The lowest BCUT2D eigenvalue weighted by Gasteiger charge is -2.00. The summed E-state index contributed by atoms with van der Waals surface area (Å²) in [6, 6.07) is 2.70. The Labute approximate surface area is 75.6 Å². The van der Waals surface area contributed by atoms with Crippen LogP contribution in [0.15, 0.2) is 12.1 Å². The molecule has 2 rings (SSSR count). The minimum absolute atomic E-state index is 0.0326. The average Bonchev–Trinajstić information content (AvgIpc) is 2.47. The fraction of sp³-hybridized carbons (Fsp3) is 0.400. The molecular weight excluding hydrogens is 171 g/mol. The third-order valence-electron chi connectivity index (χ3n) is 2.53. The number of phenols is 1. The Morgan fingerprint density at radius 3 is 2.85 bits per heavy atom. The Bertz CT molecular complexity index is 336. The minimum atomic E-state index is -0.356. The first-order valence-electron chi connectivity index (χ1n) is 4.32. The van der Waals surface area contributed by atoms with Gasteiger partial charge in [0.15, 0.2) is 0 Å². The maximum atomic E-state index is 13.2. The number of fused-ring (bicyclic) bond motifs is 1. The van der Waals surface area contributed by atoms with Gasteiger partial charge in [-0.25, -0.2) is 4.39 Å². The van der Waals surface area contributed by atoms with Crippen LogP contribution in [0.5, 0.6) is 5.75 Å². The van der Waals surface area contributed by atoms with Gasteiger partial charge >= 0.3 is 0 Å². The molecule has 0 saturated heterocycles. The van der Waals surface area contributed by atoms with E-state index in [9.17, 15) is 4.39 Å². The molecule has 1 unspecified atom stereocenters. The van der Waals surface area contributed by atoms with Crippen molar-refractivity contribution >= 4 is 0 Å². The van der Waals surface area contributed by atoms with Crippen LogP contribution >= 0.6 is 0 Å². The fourth-order valence-corrected chi connectivity index (χ4v) is 1.89. The number of hydrogen-bond donors (Lipinski definition) is 2. The van der Waals surface area contributed by atoms with Gasteiger partial charge in [0, 0.05) is 12.7 Å². The monoisotopic (exact) mass is 182 g/mol. The first-order valence-corrected chi connectivity index (χ1v) is 4.32. The second kappa shape index (κ2) is 3.00. The molecule has 1 aromatic rings. The van der Waals surface area contributed by atoms with Crippen molar-refractivity contribution in [3.05, 3.63) is 29.1 Å². The molecule has 0 bridgehead atoms. The van der Waals surface area contributed by atoms with Crippen LogP contribution in [0.1, 0.15) is 11.1 Å². The highest BCUT2D eigenvalue weighted by Crippen LogP contribution is 2.31. The molecule has 1 aliphatic carbocycles. The molecule has 0 saturated carbocycles. The van der Waals surface area contributed by atoms with Gasteiger partial charge in [-0.3, -0.25) is 0 Å². The van der Waals surface area contributed by atoms with E-state index in [1.807, 2.05) is 0 Å². The van der Waals surface area contributed by atoms with E-state index >= 15 is 0 Å². The number of aliphatic hydroxyl groups excluding tert-OH is 1. The van der Waals surface area contributed by atoms with E-state index in [1.165, 1.54) is 0 Å². The lowest BCUT2D eigenvalue weighted by atomic mass is 10.1. The largest absolute Gasteiger partial charge is 0.508 e. The summed E-state index contributed by atoms with van der Waals surface area (Å²) >= 11 is 0. The Balaban J connectivity index is 2.40. The van der Waals surface area contributed by atoms with E-state index in [1.54, 1.807) is 6.07 Å². The van der Waals surface area contributed by atoms with Gasteiger partial charge in [0.25, 0.3) is 0 Å². The molecule has 0 aliphatic heterocycles. The van der Waals surface area contributed by atoms with Crippen molar-refractivity contribution in [3.63, 3.8) is 0 Å². The lowest BCUT2D eigenvalue weighted by Crippen LogP contribution is -2.04. The van der Waals surface area contributed by atoms with Crippen molar-refractivity contribution in [3.8, 4) is 5.75 Å². The van der Waals surface area contributed by atoms with Crippen LogP contribution in [0, 0.1) is 11.7 Å². The van der Waals surface area contributed by atoms with Crippen molar-refractivity contribution in [1.29, 1.82) is 0 Å². The van der Waals surface area contributed by atoms with Gasteiger partial charge < -0.3 is 10.2 Å². The van der Waals surface area contributed by atoms with Crippen LogP contribution in [0.3, 0.4) is 0 Å². The average molecular weight is 182 g/mol. The van der Waals surface area contributed by atoms with Gasteiger partial charge in [-0.2, -0.15) is 0 Å². The molecule has 0 aromatic heterocycles. The van der Waals surface area contributed by atoms with Crippen molar-refractivity contribution in [2.45, 2.75) is 12.8 Å². The standard InChI is InChI=1S/C10H11FO2/c11-10-4-8(13)3-7-1-6(5-12)2-9(7)10/h3-4,6,12-13H,1-2,5H2. The van der Waals surface area contributed by atoms with E-state index in [4.69, 9.17) is 10.2 Å². The van der Waals surface area contributed by atoms with Crippen LogP contribution in [-0.4, -0.2) is 16.8 Å². The van der Waals surface area contributed by atoms with E-state index in [0.29, 0.717) is 18.4 Å². The van der Waals surface area contributed by atoms with Gasteiger partial charge in [0.05, 0.1) is 0 Å². The predicted molar refractivity (Wildman–Crippen MR) is 46.0 cm³/mol. The number of aromatic hydroxyl groups is 1. The van der Waals surface area contributed by atoms with Gasteiger partial charge in [0.2, 0.25) is 0 Å². The zero-order valence-corrected chi connectivity index (χ0v) is 7.13. The van der Waals surface area contributed by atoms with Crippen LogP contribution in [0.4, 0.5) is 4.39 Å². The minimum Gasteiger partial charge on any atom is -0.508 e. The normalized spacial score (nSPS) is 20.3. The molecule has 0 heterocycles. The Hall–Kier alpha value is -1.09. The summed E-state index contributed by atoms with van der Waals surface area (Å²) in [5, 5.41) is 18.0. The van der Waals surface area contributed by atoms with Gasteiger partial charge in [0.1, 0.15) is 11.6 Å². The number of benzene rings is 1. The molecule has 2 N–H and O–H groups in total. The van der Waals surface area contributed by atoms with Crippen LogP contribution in [0.2, 0.25) is 0 Å². The third-order valence-corrected chi connectivity index (χ3v) is 2.53. The molecule has 2 nitrogen and oxygen atoms in total. The maximum Gasteiger partial charge on any atom is 0.130 e. The highest BCUT2D eigenvalue weighted by molar-refractivity contribution is 5.39. The lowest BCUT2D eigenvalue weighted by molar-refractivity contribution is 0.232. The zero-order chi connectivity index (χ0) is 9.42. The van der Waals surface area contributed by atoms with Crippen molar-refractivity contribution in [2.75, 3.05) is 6.61 Å². The Kier molecular flexibility index (Phi) is 1.96. The van der Waals surface area contributed by atoms with Crippen molar-refractivity contribution in [1.82, 2.24) is 0 Å². The summed E-state index contributed by atoms with van der Waals surface area (Å²) in [7, 11) is 0. The molecule has 1 atom stereocenters. The van der Waals surface area contributed by atoms with Gasteiger partial charge in [-0.05, 0) is 36.0 Å². The topological polar surface area (TPSA) is 40.5 Å². The number of halogens is 1. The predicted octanol–water partition coefficient (Wildman–Crippen LogP) is 1.24. The Morgan fingerprint density at radius 1 is 1.38 bits per heavy atom. The second-order valence-electron chi connectivity index (χ2n) is 3.52. The summed E-state index contributed by atoms with van der Waals surface area (Å²) in [6.45, 7) is 0.0783. The Morgan fingerprint density at radius 2 is 2.15 bits per heavy atom. The second-order valence-corrected chi connectivity index (χ2v) is 3.52. The summed E-state index contributed by atoms with van der Waals surface area (Å²) in [6.07, 6.45) is 1.25. The molecule has 0 radical (unpaired) electrons. The fourth-order valence-electron chi connectivity index (χ4n) is 1.89. The number of hydrogen-bond acceptors (Lipinski definition) is 2. The number of aliphatic hydroxyl groups is 1. The van der Waals surface area contributed by atoms with Crippen LogP contribution in [0.25, 0.3) is 0 Å². The molecule has 13 heavy (non-hydrogen) atoms. The van der Waals surface area contributed by atoms with Gasteiger partial charge in [-0.1, -0.05) is 0 Å². The summed E-state index contributed by atoms with van der Waals surface area (Å²) in [5.74, 6) is -0.271. The van der Waals surface area contributed by atoms with Crippen molar-refractivity contribution < 1.29 is 14.6 Å². The summed E-state index contributed by atoms with van der Waals surface area (Å²) < 4.78 is 13.2. The summed E-state index contributed by atoms with van der Waals surface area (Å²) in [4.78, 5) is 0. The van der Waals surface area contributed by atoms with E-state index < -0.39 is 0 Å². The van der Waals surface area contributed by atoms with Gasteiger partial charge in [-0.15, -0.1) is 0 Å².